The minimum atomic E-state index is 0.0861. The Morgan fingerprint density at radius 1 is 1.35 bits per heavy atom. The number of nitrogens with zero attached hydrogens (tertiary/aromatic N) is 1. The Morgan fingerprint density at radius 2 is 2.00 bits per heavy atom. The third-order valence-corrected chi connectivity index (χ3v) is 4.56. The fraction of sp³-hybridized carbons (Fsp3) is 0.706. The van der Waals surface area contributed by atoms with E-state index in [2.05, 4.69) is 30.7 Å². The number of carbonyl (C=O) groups is 1. The van der Waals surface area contributed by atoms with Crippen molar-refractivity contribution in [2.45, 2.75) is 65.8 Å². The largest absolute Gasteiger partial charge is 0.352 e. The molecule has 1 saturated carbocycles. The van der Waals surface area contributed by atoms with E-state index in [1.54, 1.807) is 0 Å². The summed E-state index contributed by atoms with van der Waals surface area (Å²) in [7, 11) is 0. The quantitative estimate of drug-likeness (QED) is 0.866. The summed E-state index contributed by atoms with van der Waals surface area (Å²) in [5.74, 6) is 0.918. The van der Waals surface area contributed by atoms with Crippen molar-refractivity contribution in [1.29, 1.82) is 0 Å². The highest BCUT2D eigenvalue weighted by Gasteiger charge is 2.18. The van der Waals surface area contributed by atoms with Crippen molar-refractivity contribution in [3.05, 3.63) is 23.0 Å². The Morgan fingerprint density at radius 3 is 2.55 bits per heavy atom. The standard InChI is InChI=1S/C17H28N2O/c1-12(2)19-13(3)11-16(14(19)4)17(20)18-10-9-15-7-5-6-8-15/h11-12,15H,5-10H2,1-4H3,(H,18,20). The zero-order valence-electron chi connectivity index (χ0n) is 13.3. The van der Waals surface area contributed by atoms with Gasteiger partial charge in [-0.05, 0) is 46.1 Å². The van der Waals surface area contributed by atoms with Gasteiger partial charge in [-0.15, -0.1) is 0 Å². The third kappa shape index (κ3) is 3.25. The number of hydrogen-bond acceptors (Lipinski definition) is 1. The fourth-order valence-corrected chi connectivity index (χ4v) is 3.59. The lowest BCUT2D eigenvalue weighted by atomic mass is 10.0. The highest BCUT2D eigenvalue weighted by atomic mass is 16.1. The molecule has 0 aromatic carbocycles. The molecule has 1 aromatic heterocycles. The predicted octanol–water partition coefficient (Wildman–Crippen LogP) is 4.00. The van der Waals surface area contributed by atoms with Gasteiger partial charge in [-0.2, -0.15) is 0 Å². The fourth-order valence-electron chi connectivity index (χ4n) is 3.59. The first-order chi connectivity index (χ1) is 9.50. The number of amides is 1. The first kappa shape index (κ1) is 15.1. The van der Waals surface area contributed by atoms with Gasteiger partial charge in [0.05, 0.1) is 5.56 Å². The molecule has 0 spiro atoms. The molecule has 0 saturated heterocycles. The molecule has 0 aliphatic heterocycles. The van der Waals surface area contributed by atoms with Crippen molar-refractivity contribution >= 4 is 5.91 Å². The summed E-state index contributed by atoms with van der Waals surface area (Å²) in [5.41, 5.74) is 3.08. The van der Waals surface area contributed by atoms with E-state index in [4.69, 9.17) is 0 Å². The molecule has 0 atom stereocenters. The van der Waals surface area contributed by atoms with E-state index >= 15 is 0 Å². The van der Waals surface area contributed by atoms with E-state index in [9.17, 15) is 4.79 Å². The van der Waals surface area contributed by atoms with Crippen LogP contribution in [0.25, 0.3) is 0 Å². The minimum absolute atomic E-state index is 0.0861. The van der Waals surface area contributed by atoms with E-state index in [1.165, 1.54) is 31.4 Å². The van der Waals surface area contributed by atoms with Crippen LogP contribution in [-0.4, -0.2) is 17.0 Å². The van der Waals surface area contributed by atoms with Gasteiger partial charge < -0.3 is 9.88 Å². The van der Waals surface area contributed by atoms with E-state index in [0.29, 0.717) is 6.04 Å². The van der Waals surface area contributed by atoms with Crippen LogP contribution in [0.15, 0.2) is 6.07 Å². The molecular weight excluding hydrogens is 248 g/mol. The van der Waals surface area contributed by atoms with Crippen molar-refractivity contribution in [2.24, 2.45) is 5.92 Å². The van der Waals surface area contributed by atoms with Crippen molar-refractivity contribution < 1.29 is 4.79 Å². The van der Waals surface area contributed by atoms with Crippen LogP contribution < -0.4 is 5.32 Å². The van der Waals surface area contributed by atoms with Crippen LogP contribution >= 0.6 is 0 Å². The lowest BCUT2D eigenvalue weighted by Gasteiger charge is -2.14. The topological polar surface area (TPSA) is 34.0 Å². The van der Waals surface area contributed by atoms with E-state index in [1.807, 2.05) is 13.0 Å². The second kappa shape index (κ2) is 6.47. The van der Waals surface area contributed by atoms with Crippen molar-refractivity contribution in [3.63, 3.8) is 0 Å². The first-order valence-corrected chi connectivity index (χ1v) is 7.97. The van der Waals surface area contributed by atoms with Crippen LogP contribution in [0.5, 0.6) is 0 Å². The highest BCUT2D eigenvalue weighted by molar-refractivity contribution is 5.95. The molecule has 3 nitrogen and oxygen atoms in total. The van der Waals surface area contributed by atoms with Crippen LogP contribution in [0, 0.1) is 19.8 Å². The molecule has 1 aliphatic rings. The Bertz CT molecular complexity index is 468. The number of nitrogens with one attached hydrogen (secondary N) is 1. The normalized spacial score (nSPS) is 16.1. The number of carbonyl (C=O) groups excluding carboxylic acids is 1. The van der Waals surface area contributed by atoms with Gasteiger partial charge in [-0.25, -0.2) is 0 Å². The van der Waals surface area contributed by atoms with E-state index in [-0.39, 0.29) is 5.91 Å². The van der Waals surface area contributed by atoms with Crippen LogP contribution in [0.1, 0.15) is 73.7 Å². The summed E-state index contributed by atoms with van der Waals surface area (Å²) in [5, 5.41) is 3.09. The van der Waals surface area contributed by atoms with Gasteiger partial charge in [-0.1, -0.05) is 25.7 Å². The summed E-state index contributed by atoms with van der Waals surface area (Å²) in [6.45, 7) is 9.24. The summed E-state index contributed by atoms with van der Waals surface area (Å²) < 4.78 is 2.23. The van der Waals surface area contributed by atoms with Crippen LogP contribution in [0.2, 0.25) is 0 Å². The number of aryl methyl sites for hydroxylation is 1. The van der Waals surface area contributed by atoms with Gasteiger partial charge in [0.25, 0.3) is 5.91 Å². The van der Waals surface area contributed by atoms with E-state index < -0.39 is 0 Å². The molecule has 1 fully saturated rings. The van der Waals surface area contributed by atoms with Crippen LogP contribution in [0.4, 0.5) is 0 Å². The molecule has 3 heteroatoms. The van der Waals surface area contributed by atoms with Gasteiger partial charge in [0.2, 0.25) is 0 Å². The van der Waals surface area contributed by atoms with Crippen molar-refractivity contribution in [2.75, 3.05) is 6.54 Å². The van der Waals surface area contributed by atoms with Crippen LogP contribution in [0.3, 0.4) is 0 Å². The number of hydrogen-bond donors (Lipinski definition) is 1. The zero-order valence-corrected chi connectivity index (χ0v) is 13.3. The Labute approximate surface area is 122 Å². The lowest BCUT2D eigenvalue weighted by molar-refractivity contribution is 0.0950. The summed E-state index contributed by atoms with van der Waals surface area (Å²) in [4.78, 5) is 12.3. The van der Waals surface area contributed by atoms with Gasteiger partial charge in [-0.3, -0.25) is 4.79 Å². The van der Waals surface area contributed by atoms with Gasteiger partial charge in [0, 0.05) is 24.0 Å². The van der Waals surface area contributed by atoms with E-state index in [0.717, 1.165) is 30.1 Å². The van der Waals surface area contributed by atoms with Gasteiger partial charge >= 0.3 is 0 Å². The van der Waals surface area contributed by atoms with Crippen molar-refractivity contribution in [3.8, 4) is 0 Å². The SMILES string of the molecule is Cc1cc(C(=O)NCCC2CCCC2)c(C)n1C(C)C. The molecule has 20 heavy (non-hydrogen) atoms. The predicted molar refractivity (Wildman–Crippen MR) is 83.2 cm³/mol. The van der Waals surface area contributed by atoms with Crippen molar-refractivity contribution in [1.82, 2.24) is 9.88 Å². The average Bonchev–Trinajstić information content (AvgIpc) is 2.97. The average molecular weight is 276 g/mol. The Hall–Kier alpha value is -1.25. The summed E-state index contributed by atoms with van der Waals surface area (Å²) >= 11 is 0. The molecule has 1 heterocycles. The maximum absolute atomic E-state index is 12.3. The summed E-state index contributed by atoms with van der Waals surface area (Å²) in [6.07, 6.45) is 6.56. The molecule has 2 rings (SSSR count). The molecule has 0 radical (unpaired) electrons. The first-order valence-electron chi connectivity index (χ1n) is 7.97. The highest BCUT2D eigenvalue weighted by Crippen LogP contribution is 2.27. The molecule has 1 amide bonds. The molecule has 1 aromatic rings. The van der Waals surface area contributed by atoms with Gasteiger partial charge in [0.1, 0.15) is 0 Å². The number of aromatic nitrogens is 1. The second-order valence-corrected chi connectivity index (χ2v) is 6.44. The monoisotopic (exact) mass is 276 g/mol. The smallest absolute Gasteiger partial charge is 0.253 e. The molecule has 1 aliphatic carbocycles. The third-order valence-electron chi connectivity index (χ3n) is 4.56. The summed E-state index contributed by atoms with van der Waals surface area (Å²) in [6, 6.07) is 2.41. The Kier molecular flexibility index (Phi) is 4.90. The van der Waals surface area contributed by atoms with Crippen LogP contribution in [-0.2, 0) is 0 Å². The molecule has 112 valence electrons. The van der Waals surface area contributed by atoms with Gasteiger partial charge in [0.15, 0.2) is 0 Å². The maximum Gasteiger partial charge on any atom is 0.253 e. The minimum Gasteiger partial charge on any atom is -0.352 e. The molecular formula is C17H28N2O. The molecule has 0 bridgehead atoms. The second-order valence-electron chi connectivity index (χ2n) is 6.44. The number of rotatable bonds is 5. The Balaban J connectivity index is 1.93. The molecule has 1 N–H and O–H groups in total. The zero-order chi connectivity index (χ0) is 14.7. The molecule has 0 unspecified atom stereocenters. The maximum atomic E-state index is 12.3. The lowest BCUT2D eigenvalue weighted by Crippen LogP contribution is -2.26.